The Morgan fingerprint density at radius 1 is 1.26 bits per heavy atom. The molecule has 0 aliphatic rings. The SMILES string of the molecule is O=C(O)c1cc(NCCOc2ccccc2)ccn1. The second kappa shape index (κ2) is 6.39. The molecule has 0 atom stereocenters. The Balaban J connectivity index is 1.80. The van der Waals surface area contributed by atoms with Gasteiger partial charge >= 0.3 is 5.97 Å². The van der Waals surface area contributed by atoms with Crippen molar-refractivity contribution in [1.29, 1.82) is 0 Å². The number of nitrogens with zero attached hydrogens (tertiary/aromatic N) is 1. The van der Waals surface area contributed by atoms with Crippen molar-refractivity contribution >= 4 is 11.7 Å². The number of pyridine rings is 1. The fraction of sp³-hybridized carbons (Fsp3) is 0.143. The maximum atomic E-state index is 10.8. The highest BCUT2D eigenvalue weighted by atomic mass is 16.5. The summed E-state index contributed by atoms with van der Waals surface area (Å²) in [5, 5.41) is 11.9. The van der Waals surface area contributed by atoms with Crippen LogP contribution in [-0.4, -0.2) is 29.2 Å². The smallest absolute Gasteiger partial charge is 0.354 e. The number of nitrogens with one attached hydrogen (secondary N) is 1. The van der Waals surface area contributed by atoms with E-state index < -0.39 is 5.97 Å². The first-order valence-electron chi connectivity index (χ1n) is 5.87. The van der Waals surface area contributed by atoms with Crippen LogP contribution in [0.25, 0.3) is 0 Å². The minimum Gasteiger partial charge on any atom is -0.492 e. The molecular formula is C14H14N2O3. The standard InChI is InChI=1S/C14H14N2O3/c17-14(18)13-10-11(6-7-16-13)15-8-9-19-12-4-2-1-3-5-12/h1-7,10H,8-9H2,(H,15,16)(H,17,18). The van der Waals surface area contributed by atoms with Gasteiger partial charge in [-0.3, -0.25) is 0 Å². The van der Waals surface area contributed by atoms with Crippen LogP contribution in [-0.2, 0) is 0 Å². The van der Waals surface area contributed by atoms with Gasteiger partial charge < -0.3 is 15.2 Å². The number of benzene rings is 1. The summed E-state index contributed by atoms with van der Waals surface area (Å²) in [4.78, 5) is 14.5. The number of para-hydroxylation sites is 1. The zero-order valence-corrected chi connectivity index (χ0v) is 10.2. The number of aromatic carboxylic acids is 1. The van der Waals surface area contributed by atoms with Gasteiger partial charge in [0.25, 0.3) is 0 Å². The van der Waals surface area contributed by atoms with Gasteiger partial charge in [0, 0.05) is 18.4 Å². The second-order valence-corrected chi connectivity index (χ2v) is 3.82. The largest absolute Gasteiger partial charge is 0.492 e. The first-order valence-corrected chi connectivity index (χ1v) is 5.87. The number of carboxylic acids is 1. The van der Waals surface area contributed by atoms with Crippen molar-refractivity contribution in [3.8, 4) is 5.75 Å². The van der Waals surface area contributed by atoms with E-state index in [2.05, 4.69) is 10.3 Å². The van der Waals surface area contributed by atoms with Crippen molar-refractivity contribution in [3.63, 3.8) is 0 Å². The molecule has 1 heterocycles. The van der Waals surface area contributed by atoms with Crippen LogP contribution in [0.1, 0.15) is 10.5 Å². The highest BCUT2D eigenvalue weighted by Crippen LogP contribution is 2.09. The van der Waals surface area contributed by atoms with Gasteiger partial charge in [-0.2, -0.15) is 0 Å². The van der Waals surface area contributed by atoms with Crippen molar-refractivity contribution in [3.05, 3.63) is 54.4 Å². The van der Waals surface area contributed by atoms with Crippen LogP contribution >= 0.6 is 0 Å². The molecule has 19 heavy (non-hydrogen) atoms. The molecule has 0 aliphatic heterocycles. The highest BCUT2D eigenvalue weighted by Gasteiger charge is 2.04. The Labute approximate surface area is 110 Å². The summed E-state index contributed by atoms with van der Waals surface area (Å²) in [5.41, 5.74) is 0.734. The van der Waals surface area contributed by atoms with Crippen molar-refractivity contribution in [1.82, 2.24) is 4.98 Å². The average molecular weight is 258 g/mol. The molecule has 1 aromatic carbocycles. The van der Waals surface area contributed by atoms with Gasteiger partial charge in [-0.05, 0) is 24.3 Å². The Kier molecular flexibility index (Phi) is 4.34. The van der Waals surface area contributed by atoms with Crippen molar-refractivity contribution in [2.75, 3.05) is 18.5 Å². The molecule has 98 valence electrons. The van der Waals surface area contributed by atoms with Crippen LogP contribution in [0.15, 0.2) is 48.7 Å². The monoisotopic (exact) mass is 258 g/mol. The van der Waals surface area contributed by atoms with Crippen molar-refractivity contribution < 1.29 is 14.6 Å². The number of carbonyl (C=O) groups is 1. The summed E-state index contributed by atoms with van der Waals surface area (Å²) in [6.07, 6.45) is 1.46. The zero-order valence-electron chi connectivity index (χ0n) is 10.2. The van der Waals surface area contributed by atoms with Crippen LogP contribution in [0, 0.1) is 0 Å². The molecule has 5 nitrogen and oxygen atoms in total. The number of ether oxygens (including phenoxy) is 1. The Morgan fingerprint density at radius 3 is 2.79 bits per heavy atom. The molecule has 2 N–H and O–H groups in total. The van der Waals surface area contributed by atoms with Gasteiger partial charge in [-0.1, -0.05) is 18.2 Å². The highest BCUT2D eigenvalue weighted by molar-refractivity contribution is 5.86. The predicted molar refractivity (Wildman–Crippen MR) is 71.6 cm³/mol. The summed E-state index contributed by atoms with van der Waals surface area (Å²) in [6.45, 7) is 1.08. The molecule has 2 aromatic rings. The lowest BCUT2D eigenvalue weighted by atomic mass is 10.3. The van der Waals surface area contributed by atoms with E-state index in [9.17, 15) is 4.79 Å². The van der Waals surface area contributed by atoms with E-state index in [1.54, 1.807) is 6.07 Å². The van der Waals surface area contributed by atoms with Gasteiger partial charge in [0.15, 0.2) is 0 Å². The molecule has 0 spiro atoms. The summed E-state index contributed by atoms with van der Waals surface area (Å²) < 4.78 is 5.51. The molecule has 0 amide bonds. The number of carboxylic acid groups (broad SMARTS) is 1. The molecule has 0 unspecified atom stereocenters. The maximum Gasteiger partial charge on any atom is 0.354 e. The van der Waals surface area contributed by atoms with Crippen LogP contribution in [0.3, 0.4) is 0 Å². The fourth-order valence-electron chi connectivity index (χ4n) is 1.54. The quantitative estimate of drug-likeness (QED) is 0.778. The first-order chi connectivity index (χ1) is 9.25. The topological polar surface area (TPSA) is 71.5 Å². The third-order valence-electron chi connectivity index (χ3n) is 2.42. The summed E-state index contributed by atoms with van der Waals surface area (Å²) in [5.74, 6) is -0.227. The van der Waals surface area contributed by atoms with E-state index >= 15 is 0 Å². The number of rotatable bonds is 6. The number of aromatic nitrogens is 1. The van der Waals surface area contributed by atoms with Gasteiger partial charge in [0.1, 0.15) is 18.1 Å². The van der Waals surface area contributed by atoms with Gasteiger partial charge in [0.2, 0.25) is 0 Å². The summed E-state index contributed by atoms with van der Waals surface area (Å²) in [7, 11) is 0. The lowest BCUT2D eigenvalue weighted by Gasteiger charge is -2.08. The van der Waals surface area contributed by atoms with Crippen molar-refractivity contribution in [2.24, 2.45) is 0 Å². The van der Waals surface area contributed by atoms with Crippen LogP contribution in [0.5, 0.6) is 5.75 Å². The fourth-order valence-corrected chi connectivity index (χ4v) is 1.54. The Bertz CT molecular complexity index is 543. The number of anilines is 1. The molecule has 1 aromatic heterocycles. The third kappa shape index (κ3) is 3.99. The van der Waals surface area contributed by atoms with Gasteiger partial charge in [-0.15, -0.1) is 0 Å². The van der Waals surface area contributed by atoms with Crippen LogP contribution in [0.2, 0.25) is 0 Å². The predicted octanol–water partition coefficient (Wildman–Crippen LogP) is 2.27. The third-order valence-corrected chi connectivity index (χ3v) is 2.42. The number of hydrogen-bond donors (Lipinski definition) is 2. The molecule has 0 radical (unpaired) electrons. The summed E-state index contributed by atoms with van der Waals surface area (Å²) in [6, 6.07) is 12.7. The lowest BCUT2D eigenvalue weighted by Crippen LogP contribution is -2.12. The Hall–Kier alpha value is -2.56. The van der Waals surface area contributed by atoms with E-state index in [0.29, 0.717) is 18.8 Å². The Morgan fingerprint density at radius 2 is 2.05 bits per heavy atom. The van der Waals surface area contributed by atoms with Crippen molar-refractivity contribution in [2.45, 2.75) is 0 Å². The van der Waals surface area contributed by atoms with E-state index in [0.717, 1.165) is 5.75 Å². The van der Waals surface area contributed by atoms with Crippen LogP contribution in [0.4, 0.5) is 5.69 Å². The molecule has 0 saturated carbocycles. The maximum absolute atomic E-state index is 10.8. The van der Waals surface area contributed by atoms with Gasteiger partial charge in [0.05, 0.1) is 0 Å². The molecule has 0 aliphatic carbocycles. The van der Waals surface area contributed by atoms with E-state index in [4.69, 9.17) is 9.84 Å². The number of hydrogen-bond acceptors (Lipinski definition) is 4. The molecular weight excluding hydrogens is 244 g/mol. The molecule has 0 saturated heterocycles. The first kappa shape index (κ1) is 12.9. The van der Waals surface area contributed by atoms with E-state index in [1.165, 1.54) is 12.3 Å². The minimum absolute atomic E-state index is 0.0222. The zero-order chi connectivity index (χ0) is 13.5. The average Bonchev–Trinajstić information content (AvgIpc) is 2.45. The molecule has 0 bridgehead atoms. The van der Waals surface area contributed by atoms with E-state index in [-0.39, 0.29) is 5.69 Å². The summed E-state index contributed by atoms with van der Waals surface area (Å²) >= 11 is 0. The minimum atomic E-state index is -1.04. The molecule has 0 fully saturated rings. The van der Waals surface area contributed by atoms with Gasteiger partial charge in [-0.25, -0.2) is 9.78 Å². The molecule has 5 heteroatoms. The van der Waals surface area contributed by atoms with E-state index in [1.807, 2.05) is 30.3 Å². The second-order valence-electron chi connectivity index (χ2n) is 3.82. The molecule has 2 rings (SSSR count). The lowest BCUT2D eigenvalue weighted by molar-refractivity contribution is 0.0690. The normalized spacial score (nSPS) is 9.89. The van der Waals surface area contributed by atoms with Crippen LogP contribution < -0.4 is 10.1 Å².